The van der Waals surface area contributed by atoms with Gasteiger partial charge >= 0.3 is 0 Å². The summed E-state index contributed by atoms with van der Waals surface area (Å²) in [7, 11) is -2.17. The van der Waals surface area contributed by atoms with Crippen LogP contribution >= 0.6 is 0 Å². The monoisotopic (exact) mass is 358 g/mol. The second-order valence-electron chi connectivity index (χ2n) is 6.02. The number of methoxy groups -OCH3 is 1. The first-order valence-electron chi connectivity index (χ1n) is 7.89. The molecule has 0 saturated carbocycles. The van der Waals surface area contributed by atoms with Crippen LogP contribution in [0.25, 0.3) is 0 Å². The predicted octanol–water partition coefficient (Wildman–Crippen LogP) is 1.38. The van der Waals surface area contributed by atoms with E-state index in [1.54, 1.807) is 7.11 Å². The molecular formula is C16H23FN2O4S. The number of sulfonamides is 1. The number of nitrogens with one attached hydrogen (secondary N) is 1. The Morgan fingerprint density at radius 2 is 2.08 bits per heavy atom. The molecule has 1 aliphatic rings. The fourth-order valence-corrected chi connectivity index (χ4v) is 4.31. The first kappa shape index (κ1) is 18.8. The minimum Gasteiger partial charge on any atom is -0.383 e. The van der Waals surface area contributed by atoms with Crippen LogP contribution in [0.3, 0.4) is 0 Å². The molecule has 2 rings (SSSR count). The van der Waals surface area contributed by atoms with Gasteiger partial charge in [-0.2, -0.15) is 4.31 Å². The molecule has 1 aromatic rings. The molecule has 2 atom stereocenters. The van der Waals surface area contributed by atoms with E-state index in [0.29, 0.717) is 26.0 Å². The largest absolute Gasteiger partial charge is 0.383 e. The van der Waals surface area contributed by atoms with Crippen LogP contribution in [0.15, 0.2) is 29.2 Å². The van der Waals surface area contributed by atoms with Gasteiger partial charge in [0.15, 0.2) is 0 Å². The van der Waals surface area contributed by atoms with Gasteiger partial charge in [0.05, 0.1) is 17.4 Å². The number of hydrogen-bond donors (Lipinski definition) is 1. The zero-order valence-electron chi connectivity index (χ0n) is 13.9. The van der Waals surface area contributed by atoms with Crippen LogP contribution in [-0.2, 0) is 19.6 Å². The van der Waals surface area contributed by atoms with Gasteiger partial charge in [0.1, 0.15) is 5.82 Å². The summed E-state index contributed by atoms with van der Waals surface area (Å²) in [5, 5.41) is 2.83. The van der Waals surface area contributed by atoms with E-state index in [1.807, 2.05) is 6.92 Å². The van der Waals surface area contributed by atoms with Crippen LogP contribution in [-0.4, -0.2) is 51.5 Å². The maximum absolute atomic E-state index is 13.0. The lowest BCUT2D eigenvalue weighted by molar-refractivity contribution is -0.127. The molecule has 1 heterocycles. The summed E-state index contributed by atoms with van der Waals surface area (Å²) >= 11 is 0. The van der Waals surface area contributed by atoms with Crippen molar-refractivity contribution < 1.29 is 22.3 Å². The van der Waals surface area contributed by atoms with E-state index in [1.165, 1.54) is 16.4 Å². The molecule has 0 spiro atoms. The lowest BCUT2D eigenvalue weighted by Gasteiger charge is -2.31. The zero-order valence-corrected chi connectivity index (χ0v) is 14.7. The van der Waals surface area contributed by atoms with Crippen molar-refractivity contribution in [1.29, 1.82) is 0 Å². The average molecular weight is 358 g/mol. The van der Waals surface area contributed by atoms with Crippen molar-refractivity contribution >= 4 is 15.9 Å². The molecular weight excluding hydrogens is 335 g/mol. The Balaban J connectivity index is 2.07. The average Bonchev–Trinajstić information content (AvgIpc) is 2.55. The number of amides is 1. The Labute approximate surface area is 142 Å². The van der Waals surface area contributed by atoms with Crippen molar-refractivity contribution in [2.75, 3.05) is 26.8 Å². The summed E-state index contributed by atoms with van der Waals surface area (Å²) in [6, 6.07) is 4.59. The number of hydrogen-bond acceptors (Lipinski definition) is 4. The third kappa shape index (κ3) is 4.52. The smallest absolute Gasteiger partial charge is 0.243 e. The van der Waals surface area contributed by atoms with Gasteiger partial charge in [-0.05, 0) is 44.0 Å². The van der Waals surface area contributed by atoms with Gasteiger partial charge in [0.25, 0.3) is 0 Å². The minimum absolute atomic E-state index is 0.0395. The van der Waals surface area contributed by atoms with E-state index < -0.39 is 21.8 Å². The van der Waals surface area contributed by atoms with Crippen LogP contribution in [0.5, 0.6) is 0 Å². The molecule has 0 aliphatic carbocycles. The van der Waals surface area contributed by atoms with Gasteiger partial charge in [0.2, 0.25) is 15.9 Å². The van der Waals surface area contributed by atoms with Crippen molar-refractivity contribution in [2.24, 2.45) is 5.92 Å². The Hall–Kier alpha value is -1.51. The van der Waals surface area contributed by atoms with Crippen LogP contribution in [0.1, 0.15) is 19.8 Å². The number of nitrogens with zero attached hydrogens (tertiary/aromatic N) is 1. The molecule has 24 heavy (non-hydrogen) atoms. The second-order valence-corrected chi connectivity index (χ2v) is 7.96. The highest BCUT2D eigenvalue weighted by Crippen LogP contribution is 2.24. The van der Waals surface area contributed by atoms with E-state index >= 15 is 0 Å². The third-order valence-corrected chi connectivity index (χ3v) is 5.89. The predicted molar refractivity (Wildman–Crippen MR) is 87.4 cm³/mol. The number of rotatable bonds is 6. The summed E-state index contributed by atoms with van der Waals surface area (Å²) in [5.74, 6) is -1.05. The molecule has 2 unspecified atom stereocenters. The van der Waals surface area contributed by atoms with Crippen LogP contribution in [0.4, 0.5) is 4.39 Å². The van der Waals surface area contributed by atoms with E-state index in [4.69, 9.17) is 4.74 Å². The van der Waals surface area contributed by atoms with Gasteiger partial charge in [0, 0.05) is 26.2 Å². The molecule has 1 N–H and O–H groups in total. The van der Waals surface area contributed by atoms with Crippen molar-refractivity contribution in [3.05, 3.63) is 30.1 Å². The highest BCUT2D eigenvalue weighted by molar-refractivity contribution is 7.89. The fraction of sp³-hybridized carbons (Fsp3) is 0.562. The maximum Gasteiger partial charge on any atom is 0.243 e. The molecule has 1 fully saturated rings. The molecule has 8 heteroatoms. The SMILES string of the molecule is COCC(C)NC(=O)C1CCCN(S(=O)(=O)c2ccc(F)cc2)C1. The number of carbonyl (C=O) groups is 1. The van der Waals surface area contributed by atoms with E-state index in [9.17, 15) is 17.6 Å². The Morgan fingerprint density at radius 1 is 1.42 bits per heavy atom. The highest BCUT2D eigenvalue weighted by Gasteiger charge is 2.33. The molecule has 6 nitrogen and oxygen atoms in total. The first-order valence-corrected chi connectivity index (χ1v) is 9.33. The first-order chi connectivity index (χ1) is 11.3. The molecule has 1 saturated heterocycles. The summed E-state index contributed by atoms with van der Waals surface area (Å²) in [5.41, 5.74) is 0. The normalized spacial score (nSPS) is 20.5. The van der Waals surface area contributed by atoms with Crippen molar-refractivity contribution in [1.82, 2.24) is 9.62 Å². The lowest BCUT2D eigenvalue weighted by Crippen LogP contribution is -2.47. The molecule has 0 bridgehead atoms. The van der Waals surface area contributed by atoms with Crippen LogP contribution in [0, 0.1) is 11.7 Å². The lowest BCUT2D eigenvalue weighted by atomic mass is 9.98. The van der Waals surface area contributed by atoms with Crippen molar-refractivity contribution in [3.63, 3.8) is 0 Å². The van der Waals surface area contributed by atoms with E-state index in [2.05, 4.69) is 5.32 Å². The quantitative estimate of drug-likeness (QED) is 0.834. The number of ether oxygens (including phenoxy) is 1. The molecule has 0 aromatic heterocycles. The number of benzene rings is 1. The topological polar surface area (TPSA) is 75.7 Å². The molecule has 0 radical (unpaired) electrons. The second kappa shape index (κ2) is 8.04. The summed E-state index contributed by atoms with van der Waals surface area (Å²) in [6.45, 7) is 2.72. The summed E-state index contributed by atoms with van der Waals surface area (Å²) in [4.78, 5) is 12.3. The Morgan fingerprint density at radius 3 is 2.71 bits per heavy atom. The number of halogens is 1. The zero-order chi connectivity index (χ0) is 17.7. The Kier molecular flexibility index (Phi) is 6.31. The van der Waals surface area contributed by atoms with Crippen LogP contribution in [0.2, 0.25) is 0 Å². The molecule has 1 amide bonds. The minimum atomic E-state index is -3.72. The number of piperidine rings is 1. The summed E-state index contributed by atoms with van der Waals surface area (Å²) < 4.78 is 44.6. The van der Waals surface area contributed by atoms with Gasteiger partial charge in [-0.25, -0.2) is 12.8 Å². The molecule has 1 aliphatic heterocycles. The van der Waals surface area contributed by atoms with Crippen molar-refractivity contribution in [3.8, 4) is 0 Å². The fourth-order valence-electron chi connectivity index (χ4n) is 2.78. The number of carbonyl (C=O) groups excluding carboxylic acids is 1. The van der Waals surface area contributed by atoms with Crippen molar-refractivity contribution in [2.45, 2.75) is 30.7 Å². The molecule has 134 valence electrons. The third-order valence-electron chi connectivity index (χ3n) is 4.01. The van der Waals surface area contributed by atoms with Crippen LogP contribution < -0.4 is 5.32 Å². The van der Waals surface area contributed by atoms with Gasteiger partial charge in [-0.3, -0.25) is 4.79 Å². The molecule has 1 aromatic carbocycles. The van der Waals surface area contributed by atoms with E-state index in [-0.39, 0.29) is 23.4 Å². The highest BCUT2D eigenvalue weighted by atomic mass is 32.2. The van der Waals surface area contributed by atoms with Gasteiger partial charge < -0.3 is 10.1 Å². The van der Waals surface area contributed by atoms with E-state index in [0.717, 1.165) is 12.1 Å². The Bertz CT molecular complexity index is 663. The maximum atomic E-state index is 13.0. The summed E-state index contributed by atoms with van der Waals surface area (Å²) in [6.07, 6.45) is 1.25. The van der Waals surface area contributed by atoms with Gasteiger partial charge in [-0.15, -0.1) is 0 Å². The van der Waals surface area contributed by atoms with Gasteiger partial charge in [-0.1, -0.05) is 0 Å². The standard InChI is InChI=1S/C16H23FN2O4S/c1-12(11-23-2)18-16(20)13-4-3-9-19(10-13)24(21,22)15-7-5-14(17)6-8-15/h5-8,12-13H,3-4,9-11H2,1-2H3,(H,18,20).